The average molecular weight is 352 g/mol. The molecule has 0 bridgehead atoms. The maximum absolute atomic E-state index is 13.1. The van der Waals surface area contributed by atoms with Gasteiger partial charge >= 0.3 is 0 Å². The predicted molar refractivity (Wildman–Crippen MR) is 99.4 cm³/mol. The second-order valence-corrected chi connectivity index (χ2v) is 6.37. The Morgan fingerprint density at radius 1 is 1.00 bits per heavy atom. The molecule has 0 saturated carbocycles. The Bertz CT molecular complexity index is 879. The lowest BCUT2D eigenvalue weighted by molar-refractivity contribution is 0.0331. The highest BCUT2D eigenvalue weighted by Gasteiger charge is 2.14. The Labute approximate surface area is 151 Å². The van der Waals surface area contributed by atoms with Crippen LogP contribution in [0.5, 0.6) is 0 Å². The van der Waals surface area contributed by atoms with E-state index in [4.69, 9.17) is 14.7 Å². The van der Waals surface area contributed by atoms with Gasteiger partial charge in [0.1, 0.15) is 17.5 Å². The second-order valence-electron chi connectivity index (χ2n) is 6.37. The maximum atomic E-state index is 13.1. The van der Waals surface area contributed by atoms with Crippen LogP contribution in [-0.2, 0) is 17.8 Å². The Hall–Kier alpha value is -2.57. The van der Waals surface area contributed by atoms with Crippen LogP contribution in [-0.4, -0.2) is 41.2 Å². The minimum absolute atomic E-state index is 0.228. The zero-order chi connectivity index (χ0) is 17.8. The molecule has 26 heavy (non-hydrogen) atoms. The number of rotatable bonds is 5. The van der Waals surface area contributed by atoms with Gasteiger partial charge in [-0.25, -0.2) is 14.4 Å². The van der Waals surface area contributed by atoms with Gasteiger partial charge in [-0.1, -0.05) is 24.3 Å². The van der Waals surface area contributed by atoms with E-state index in [1.54, 1.807) is 12.1 Å². The van der Waals surface area contributed by atoms with Crippen molar-refractivity contribution in [3.05, 3.63) is 65.7 Å². The zero-order valence-electron chi connectivity index (χ0n) is 14.5. The number of halogens is 1. The van der Waals surface area contributed by atoms with E-state index < -0.39 is 0 Å². The lowest BCUT2D eigenvalue weighted by atomic mass is 10.2. The molecule has 0 amide bonds. The highest BCUT2D eigenvalue weighted by Crippen LogP contribution is 2.21. The summed E-state index contributed by atoms with van der Waals surface area (Å²) in [6, 6.07) is 14.5. The van der Waals surface area contributed by atoms with Crippen LogP contribution in [0.25, 0.3) is 10.9 Å². The van der Waals surface area contributed by atoms with Crippen LogP contribution >= 0.6 is 0 Å². The van der Waals surface area contributed by atoms with Crippen LogP contribution in [0.15, 0.2) is 48.5 Å². The van der Waals surface area contributed by atoms with Gasteiger partial charge in [0.25, 0.3) is 0 Å². The van der Waals surface area contributed by atoms with Gasteiger partial charge < -0.3 is 10.1 Å². The molecule has 2 heterocycles. The van der Waals surface area contributed by atoms with E-state index in [1.165, 1.54) is 12.1 Å². The molecular formula is C20H21FN4O. The number of hydrogen-bond donors (Lipinski definition) is 1. The molecule has 1 aromatic heterocycles. The number of ether oxygens (including phenoxy) is 1. The average Bonchev–Trinajstić information content (AvgIpc) is 2.68. The third kappa shape index (κ3) is 3.98. The van der Waals surface area contributed by atoms with Crippen molar-refractivity contribution in [2.75, 3.05) is 31.6 Å². The minimum atomic E-state index is -0.228. The standard InChI is InChI=1S/C20H21FN4O/c21-16-7-5-15(6-8-16)13-22-20-17-3-1-2-4-18(17)23-19(24-20)14-25-9-11-26-12-10-25/h1-8H,9-14H2,(H,22,23,24). The first-order valence-electron chi connectivity index (χ1n) is 8.82. The Morgan fingerprint density at radius 2 is 1.77 bits per heavy atom. The van der Waals surface area contributed by atoms with Crippen LogP contribution < -0.4 is 5.32 Å². The summed E-state index contributed by atoms with van der Waals surface area (Å²) in [4.78, 5) is 11.8. The van der Waals surface area contributed by atoms with E-state index in [0.717, 1.165) is 54.4 Å². The number of nitrogens with one attached hydrogen (secondary N) is 1. The Morgan fingerprint density at radius 3 is 2.58 bits per heavy atom. The molecule has 1 aliphatic rings. The van der Waals surface area contributed by atoms with Gasteiger partial charge in [0, 0.05) is 25.0 Å². The lowest BCUT2D eigenvalue weighted by Crippen LogP contribution is -2.36. The molecule has 1 saturated heterocycles. The van der Waals surface area contributed by atoms with E-state index in [2.05, 4.69) is 10.2 Å². The molecule has 6 heteroatoms. The number of morpholine rings is 1. The van der Waals surface area contributed by atoms with E-state index >= 15 is 0 Å². The number of hydrogen-bond acceptors (Lipinski definition) is 5. The van der Waals surface area contributed by atoms with E-state index in [9.17, 15) is 4.39 Å². The first-order valence-corrected chi connectivity index (χ1v) is 8.82. The van der Waals surface area contributed by atoms with Crippen molar-refractivity contribution < 1.29 is 9.13 Å². The second kappa shape index (κ2) is 7.76. The summed E-state index contributed by atoms with van der Waals surface area (Å²) in [6.07, 6.45) is 0. The van der Waals surface area contributed by atoms with Gasteiger partial charge in [0.05, 0.1) is 25.3 Å². The smallest absolute Gasteiger partial charge is 0.145 e. The molecule has 1 N–H and O–H groups in total. The summed E-state index contributed by atoms with van der Waals surface area (Å²) in [5.74, 6) is 1.38. The summed E-state index contributed by atoms with van der Waals surface area (Å²) in [6.45, 7) is 4.59. The summed E-state index contributed by atoms with van der Waals surface area (Å²) < 4.78 is 18.5. The summed E-state index contributed by atoms with van der Waals surface area (Å²) in [5, 5.41) is 4.37. The van der Waals surface area contributed by atoms with Gasteiger partial charge in [-0.3, -0.25) is 4.90 Å². The molecule has 3 aromatic rings. The van der Waals surface area contributed by atoms with E-state index in [0.29, 0.717) is 13.1 Å². The monoisotopic (exact) mass is 352 g/mol. The van der Waals surface area contributed by atoms with Crippen LogP contribution in [0.1, 0.15) is 11.4 Å². The molecule has 5 nitrogen and oxygen atoms in total. The highest BCUT2D eigenvalue weighted by molar-refractivity contribution is 5.88. The first-order chi connectivity index (χ1) is 12.8. The highest BCUT2D eigenvalue weighted by atomic mass is 19.1. The zero-order valence-corrected chi connectivity index (χ0v) is 14.5. The van der Waals surface area contributed by atoms with Gasteiger partial charge in [-0.05, 0) is 29.8 Å². The van der Waals surface area contributed by atoms with Crippen LogP contribution in [0.2, 0.25) is 0 Å². The number of benzene rings is 2. The van der Waals surface area contributed by atoms with Crippen molar-refractivity contribution in [3.8, 4) is 0 Å². The fourth-order valence-electron chi connectivity index (χ4n) is 3.08. The maximum Gasteiger partial charge on any atom is 0.145 e. The molecular weight excluding hydrogens is 331 g/mol. The molecule has 0 unspecified atom stereocenters. The Balaban J connectivity index is 1.57. The van der Waals surface area contributed by atoms with E-state index in [1.807, 2.05) is 24.3 Å². The van der Waals surface area contributed by atoms with Crippen molar-refractivity contribution in [2.24, 2.45) is 0 Å². The SMILES string of the molecule is Fc1ccc(CNc2nc(CN3CCOCC3)nc3ccccc23)cc1. The van der Waals surface area contributed by atoms with Crippen LogP contribution in [0, 0.1) is 5.82 Å². The molecule has 0 atom stereocenters. The number of fused-ring (bicyclic) bond motifs is 1. The summed E-state index contributed by atoms with van der Waals surface area (Å²) in [5.41, 5.74) is 1.93. The first kappa shape index (κ1) is 16.9. The lowest BCUT2D eigenvalue weighted by Gasteiger charge is -2.26. The molecule has 1 aliphatic heterocycles. The van der Waals surface area contributed by atoms with Gasteiger partial charge in [-0.15, -0.1) is 0 Å². The molecule has 2 aromatic carbocycles. The normalized spacial score (nSPS) is 15.3. The number of anilines is 1. The summed E-state index contributed by atoms with van der Waals surface area (Å²) in [7, 11) is 0. The van der Waals surface area contributed by atoms with E-state index in [-0.39, 0.29) is 5.82 Å². The molecule has 134 valence electrons. The Kier molecular flexibility index (Phi) is 5.04. The molecule has 1 fully saturated rings. The van der Waals surface area contributed by atoms with Crippen molar-refractivity contribution in [2.45, 2.75) is 13.1 Å². The van der Waals surface area contributed by atoms with Crippen molar-refractivity contribution in [1.82, 2.24) is 14.9 Å². The molecule has 0 radical (unpaired) electrons. The number of aromatic nitrogens is 2. The topological polar surface area (TPSA) is 50.3 Å². The molecule has 0 aliphatic carbocycles. The number of nitrogens with zero attached hydrogens (tertiary/aromatic N) is 3. The van der Waals surface area contributed by atoms with Crippen molar-refractivity contribution >= 4 is 16.7 Å². The van der Waals surface area contributed by atoms with Gasteiger partial charge in [0.15, 0.2) is 0 Å². The quantitative estimate of drug-likeness (QED) is 0.764. The van der Waals surface area contributed by atoms with Crippen LogP contribution in [0.4, 0.5) is 10.2 Å². The minimum Gasteiger partial charge on any atom is -0.379 e. The third-order valence-electron chi connectivity index (χ3n) is 4.49. The molecule has 4 rings (SSSR count). The van der Waals surface area contributed by atoms with Crippen molar-refractivity contribution in [1.29, 1.82) is 0 Å². The van der Waals surface area contributed by atoms with Crippen LogP contribution in [0.3, 0.4) is 0 Å². The summed E-state index contributed by atoms with van der Waals surface area (Å²) >= 11 is 0. The van der Waals surface area contributed by atoms with Gasteiger partial charge in [-0.2, -0.15) is 0 Å². The van der Waals surface area contributed by atoms with Gasteiger partial charge in [0.2, 0.25) is 0 Å². The fourth-order valence-corrected chi connectivity index (χ4v) is 3.08. The third-order valence-corrected chi connectivity index (χ3v) is 4.49. The fraction of sp³-hybridized carbons (Fsp3) is 0.300. The van der Waals surface area contributed by atoms with Crippen molar-refractivity contribution in [3.63, 3.8) is 0 Å². The predicted octanol–water partition coefficient (Wildman–Crippen LogP) is 3.21. The molecule has 0 spiro atoms. The largest absolute Gasteiger partial charge is 0.379 e. The number of para-hydroxylation sites is 1.